The molecule has 0 bridgehead atoms. The Kier molecular flexibility index (Phi) is 5.16. The summed E-state index contributed by atoms with van der Waals surface area (Å²) in [5, 5.41) is 1.88. The van der Waals surface area contributed by atoms with Gasteiger partial charge in [0.1, 0.15) is 11.8 Å². The highest BCUT2D eigenvalue weighted by molar-refractivity contribution is 7.54. The molecular weight excluding hydrogens is 299 g/mol. The Bertz CT molecular complexity index is 515. The average molecular weight is 316 g/mol. The zero-order chi connectivity index (χ0) is 14.6. The zero-order valence-corrected chi connectivity index (χ0v) is 13.1. The van der Waals surface area contributed by atoms with Gasteiger partial charge in [-0.1, -0.05) is 6.07 Å². The molecule has 0 spiro atoms. The van der Waals surface area contributed by atoms with Gasteiger partial charge in [0.25, 0.3) is 0 Å². The monoisotopic (exact) mass is 316 g/mol. The third kappa shape index (κ3) is 3.20. The van der Waals surface area contributed by atoms with Crippen molar-refractivity contribution in [2.45, 2.75) is 25.6 Å². The first-order chi connectivity index (χ1) is 9.60. The van der Waals surface area contributed by atoms with Gasteiger partial charge in [0.05, 0.1) is 13.2 Å². The second-order valence-electron chi connectivity index (χ2n) is 4.10. The van der Waals surface area contributed by atoms with E-state index in [-0.39, 0.29) is 13.2 Å². The lowest BCUT2D eigenvalue weighted by atomic mass is 10.2. The molecule has 110 valence electrons. The van der Waals surface area contributed by atoms with Crippen LogP contribution in [0.5, 0.6) is 0 Å². The Labute approximate surface area is 122 Å². The molecule has 2 rings (SSSR count). The van der Waals surface area contributed by atoms with Crippen LogP contribution < -0.4 is 0 Å². The molecule has 1 aromatic rings. The van der Waals surface area contributed by atoms with Crippen LogP contribution in [-0.2, 0) is 23.1 Å². The van der Waals surface area contributed by atoms with Crippen LogP contribution in [0.4, 0.5) is 0 Å². The Hall–Kier alpha value is -0.940. The van der Waals surface area contributed by atoms with Crippen molar-refractivity contribution in [3.63, 3.8) is 0 Å². The van der Waals surface area contributed by atoms with Gasteiger partial charge in [0, 0.05) is 11.0 Å². The summed E-state index contributed by atoms with van der Waals surface area (Å²) in [4.78, 5) is 12.1. The summed E-state index contributed by atoms with van der Waals surface area (Å²) in [7, 11) is -3.41. The number of carbonyl (C=O) groups is 1. The van der Waals surface area contributed by atoms with Gasteiger partial charge in [-0.05, 0) is 31.4 Å². The Balaban J connectivity index is 2.37. The fourth-order valence-electron chi connectivity index (χ4n) is 2.07. The highest BCUT2D eigenvalue weighted by Gasteiger charge is 2.45. The number of thiophene rings is 1. The van der Waals surface area contributed by atoms with E-state index in [0.29, 0.717) is 0 Å². The molecule has 20 heavy (non-hydrogen) atoms. The SMILES string of the molecule is CCOP(=O)(OCC)[C@@H](c1cccs1)C1C=CC(=O)O1. The first-order valence-corrected chi connectivity index (χ1v) is 8.91. The predicted molar refractivity (Wildman–Crippen MR) is 76.9 cm³/mol. The van der Waals surface area contributed by atoms with E-state index in [1.54, 1.807) is 19.9 Å². The van der Waals surface area contributed by atoms with Crippen LogP contribution in [0, 0.1) is 0 Å². The number of hydrogen-bond acceptors (Lipinski definition) is 6. The van der Waals surface area contributed by atoms with Crippen LogP contribution in [0.2, 0.25) is 0 Å². The molecule has 1 unspecified atom stereocenters. The topological polar surface area (TPSA) is 61.8 Å². The van der Waals surface area contributed by atoms with Crippen molar-refractivity contribution < 1.29 is 23.1 Å². The molecule has 7 heteroatoms. The predicted octanol–water partition coefficient (Wildman–Crippen LogP) is 3.54. The second kappa shape index (κ2) is 6.68. The molecule has 0 N–H and O–H groups in total. The smallest absolute Gasteiger partial charge is 0.343 e. The minimum atomic E-state index is -3.41. The Morgan fingerprint density at radius 3 is 2.55 bits per heavy atom. The molecular formula is C13H17O5PS. The van der Waals surface area contributed by atoms with Crippen molar-refractivity contribution in [3.8, 4) is 0 Å². The molecule has 0 saturated heterocycles. The van der Waals surface area contributed by atoms with Crippen molar-refractivity contribution in [3.05, 3.63) is 34.5 Å². The van der Waals surface area contributed by atoms with E-state index in [2.05, 4.69) is 0 Å². The number of rotatable bonds is 7. The number of esters is 1. The summed E-state index contributed by atoms with van der Waals surface area (Å²) < 4.78 is 29.1. The summed E-state index contributed by atoms with van der Waals surface area (Å²) in [6, 6.07) is 3.70. The maximum atomic E-state index is 13.0. The highest BCUT2D eigenvalue weighted by Crippen LogP contribution is 2.64. The lowest BCUT2D eigenvalue weighted by molar-refractivity contribution is -0.138. The van der Waals surface area contributed by atoms with Crippen molar-refractivity contribution in [1.29, 1.82) is 0 Å². The van der Waals surface area contributed by atoms with E-state index >= 15 is 0 Å². The molecule has 0 radical (unpaired) electrons. The van der Waals surface area contributed by atoms with Gasteiger partial charge in [-0.3, -0.25) is 4.57 Å². The highest BCUT2D eigenvalue weighted by atomic mass is 32.1. The summed E-state index contributed by atoms with van der Waals surface area (Å²) in [6.45, 7) is 4.05. The third-order valence-electron chi connectivity index (χ3n) is 2.78. The van der Waals surface area contributed by atoms with Gasteiger partial charge in [0.15, 0.2) is 0 Å². The van der Waals surface area contributed by atoms with Crippen LogP contribution in [0.25, 0.3) is 0 Å². The van der Waals surface area contributed by atoms with E-state index in [0.717, 1.165) is 4.88 Å². The zero-order valence-electron chi connectivity index (χ0n) is 11.4. The van der Waals surface area contributed by atoms with Gasteiger partial charge in [-0.2, -0.15) is 0 Å². The minimum absolute atomic E-state index is 0.267. The van der Waals surface area contributed by atoms with Crippen LogP contribution in [0.1, 0.15) is 24.4 Å². The molecule has 2 atom stereocenters. The summed E-state index contributed by atoms with van der Waals surface area (Å²) in [6.07, 6.45) is 2.33. The second-order valence-corrected chi connectivity index (χ2v) is 7.23. The maximum Gasteiger partial charge on any atom is 0.343 e. The molecule has 0 fully saturated rings. The van der Waals surface area contributed by atoms with Gasteiger partial charge in [-0.15, -0.1) is 11.3 Å². The first-order valence-electron chi connectivity index (χ1n) is 6.41. The Morgan fingerprint density at radius 1 is 1.40 bits per heavy atom. The van der Waals surface area contributed by atoms with Crippen LogP contribution in [0.15, 0.2) is 29.7 Å². The number of ether oxygens (including phenoxy) is 1. The van der Waals surface area contributed by atoms with Crippen molar-refractivity contribution >= 4 is 24.9 Å². The van der Waals surface area contributed by atoms with Crippen LogP contribution >= 0.6 is 18.9 Å². The molecule has 0 amide bonds. The molecule has 2 heterocycles. The van der Waals surface area contributed by atoms with E-state index < -0.39 is 25.3 Å². The van der Waals surface area contributed by atoms with Gasteiger partial charge in [0.2, 0.25) is 0 Å². The van der Waals surface area contributed by atoms with Crippen molar-refractivity contribution in [1.82, 2.24) is 0 Å². The van der Waals surface area contributed by atoms with E-state index in [1.165, 1.54) is 17.4 Å². The van der Waals surface area contributed by atoms with Crippen molar-refractivity contribution in [2.24, 2.45) is 0 Å². The summed E-state index contributed by atoms with van der Waals surface area (Å²) in [5.41, 5.74) is -0.620. The molecule has 1 aliphatic rings. The van der Waals surface area contributed by atoms with E-state index in [9.17, 15) is 9.36 Å². The molecule has 5 nitrogen and oxygen atoms in total. The van der Waals surface area contributed by atoms with Gasteiger partial charge >= 0.3 is 13.6 Å². The number of cyclic esters (lactones) is 1. The lowest BCUT2D eigenvalue weighted by Gasteiger charge is -2.28. The fourth-order valence-corrected chi connectivity index (χ4v) is 5.42. The normalized spacial score (nSPS) is 20.1. The summed E-state index contributed by atoms with van der Waals surface area (Å²) >= 11 is 1.44. The molecule has 0 aliphatic carbocycles. The first kappa shape index (κ1) is 15.4. The minimum Gasteiger partial charge on any atom is -0.454 e. The Morgan fingerprint density at radius 2 is 2.10 bits per heavy atom. The maximum absolute atomic E-state index is 13.0. The van der Waals surface area contributed by atoms with Gasteiger partial charge in [-0.25, -0.2) is 4.79 Å². The lowest BCUT2D eigenvalue weighted by Crippen LogP contribution is -2.20. The third-order valence-corrected chi connectivity index (χ3v) is 6.40. The molecule has 0 saturated carbocycles. The average Bonchev–Trinajstić information content (AvgIpc) is 3.03. The molecule has 1 aromatic heterocycles. The number of hydrogen-bond donors (Lipinski definition) is 0. The number of carbonyl (C=O) groups excluding carboxylic acids is 1. The quantitative estimate of drug-likeness (QED) is 0.569. The van der Waals surface area contributed by atoms with Crippen LogP contribution in [-0.4, -0.2) is 25.3 Å². The summed E-state index contributed by atoms with van der Waals surface area (Å²) in [5.74, 6) is -0.434. The molecule has 0 aromatic carbocycles. The van der Waals surface area contributed by atoms with Crippen LogP contribution in [0.3, 0.4) is 0 Å². The molecule has 1 aliphatic heterocycles. The van der Waals surface area contributed by atoms with E-state index in [1.807, 2.05) is 17.5 Å². The standard InChI is InChI=1S/C13H17O5PS/c1-3-16-19(15,17-4-2)13(11-6-5-9-20-11)10-7-8-12(14)18-10/h5-10,13H,3-4H2,1-2H3/t10?,13-/m1/s1. The van der Waals surface area contributed by atoms with E-state index in [4.69, 9.17) is 13.8 Å². The fraction of sp³-hybridized carbons (Fsp3) is 0.462. The van der Waals surface area contributed by atoms with Crippen molar-refractivity contribution in [2.75, 3.05) is 13.2 Å². The van der Waals surface area contributed by atoms with Gasteiger partial charge < -0.3 is 13.8 Å². The largest absolute Gasteiger partial charge is 0.454 e.